The normalized spacial score (nSPS) is 11.2. The van der Waals surface area contributed by atoms with Gasteiger partial charge >= 0.3 is 5.97 Å². The van der Waals surface area contributed by atoms with Crippen LogP contribution in [0.2, 0.25) is 0 Å². The fourth-order valence-corrected chi connectivity index (χ4v) is 4.95. The molecule has 0 radical (unpaired) electrons. The number of hydrogen-bond acceptors (Lipinski definition) is 8. The Bertz CT molecular complexity index is 1330. The number of benzene rings is 1. The van der Waals surface area contributed by atoms with Crippen molar-refractivity contribution in [3.8, 4) is 11.4 Å². The predicted octanol–water partition coefficient (Wildman–Crippen LogP) is 3.70. The molecule has 0 bridgehead atoms. The first-order valence-electron chi connectivity index (χ1n) is 9.36. The maximum atomic E-state index is 13.2. The maximum Gasteiger partial charge on any atom is 0.348 e. The number of aryl methyl sites for hydroxylation is 1. The van der Waals surface area contributed by atoms with Crippen LogP contribution in [0.25, 0.3) is 21.6 Å². The fourth-order valence-electron chi connectivity index (χ4n) is 3.07. The number of aromatic amines is 1. The number of halogens is 1. The van der Waals surface area contributed by atoms with E-state index in [1.807, 2.05) is 7.05 Å². The van der Waals surface area contributed by atoms with E-state index in [1.54, 1.807) is 30.5 Å². The summed E-state index contributed by atoms with van der Waals surface area (Å²) in [6.45, 7) is 3.71. The van der Waals surface area contributed by atoms with Crippen LogP contribution < -0.4 is 5.56 Å². The van der Waals surface area contributed by atoms with Gasteiger partial charge in [0.15, 0.2) is 11.0 Å². The molecule has 4 rings (SSSR count). The second kappa shape index (κ2) is 8.60. The molecule has 1 N–H and O–H groups in total. The van der Waals surface area contributed by atoms with E-state index in [4.69, 9.17) is 4.74 Å². The van der Waals surface area contributed by atoms with E-state index in [9.17, 15) is 14.0 Å². The third-order valence-corrected chi connectivity index (χ3v) is 6.78. The Morgan fingerprint density at radius 1 is 1.29 bits per heavy atom. The van der Waals surface area contributed by atoms with Gasteiger partial charge in [0.25, 0.3) is 5.56 Å². The summed E-state index contributed by atoms with van der Waals surface area (Å²) in [6, 6.07) is 6.02. The van der Waals surface area contributed by atoms with Crippen molar-refractivity contribution < 1.29 is 13.9 Å². The minimum atomic E-state index is -0.453. The van der Waals surface area contributed by atoms with Gasteiger partial charge in [0, 0.05) is 12.6 Å². The molecule has 0 saturated carbocycles. The van der Waals surface area contributed by atoms with Gasteiger partial charge in [0.2, 0.25) is 0 Å². The van der Waals surface area contributed by atoms with Crippen LogP contribution in [-0.2, 0) is 17.5 Å². The van der Waals surface area contributed by atoms with Crippen LogP contribution in [0.3, 0.4) is 0 Å². The number of aromatic nitrogens is 5. The number of rotatable bonds is 6. The Kier molecular flexibility index (Phi) is 5.88. The third-order valence-electron chi connectivity index (χ3n) is 4.59. The molecule has 11 heteroatoms. The number of H-pyrrole nitrogens is 1. The molecule has 0 spiro atoms. The van der Waals surface area contributed by atoms with Crippen LogP contribution in [-0.4, -0.2) is 37.3 Å². The molecule has 4 aromatic rings. The summed E-state index contributed by atoms with van der Waals surface area (Å²) in [7, 11) is 1.81. The molecule has 31 heavy (non-hydrogen) atoms. The van der Waals surface area contributed by atoms with E-state index < -0.39 is 5.97 Å². The van der Waals surface area contributed by atoms with Crippen molar-refractivity contribution in [1.29, 1.82) is 0 Å². The van der Waals surface area contributed by atoms with Crippen LogP contribution in [0, 0.1) is 12.7 Å². The molecule has 0 aliphatic carbocycles. The average molecular weight is 460 g/mol. The zero-order valence-corrected chi connectivity index (χ0v) is 18.6. The van der Waals surface area contributed by atoms with E-state index >= 15 is 0 Å². The number of hydrogen-bond donors (Lipinski definition) is 1. The number of thiophene rings is 1. The second-order valence-corrected chi connectivity index (χ2v) is 8.57. The Balaban J connectivity index is 1.58. The summed E-state index contributed by atoms with van der Waals surface area (Å²) in [4.78, 5) is 32.9. The number of carbonyl (C=O) groups is 1. The minimum Gasteiger partial charge on any atom is -0.462 e. The molecular formula is C20H18FN5O3S2. The fraction of sp³-hybridized carbons (Fsp3) is 0.250. The quantitative estimate of drug-likeness (QED) is 0.346. The van der Waals surface area contributed by atoms with Crippen LogP contribution in [0.5, 0.6) is 0 Å². The Morgan fingerprint density at radius 3 is 2.74 bits per heavy atom. The van der Waals surface area contributed by atoms with Gasteiger partial charge in [0.05, 0.1) is 17.7 Å². The molecule has 0 unspecified atom stereocenters. The predicted molar refractivity (Wildman–Crippen MR) is 117 cm³/mol. The van der Waals surface area contributed by atoms with E-state index in [2.05, 4.69) is 20.2 Å². The van der Waals surface area contributed by atoms with Crippen molar-refractivity contribution in [1.82, 2.24) is 24.7 Å². The molecule has 0 atom stereocenters. The largest absolute Gasteiger partial charge is 0.462 e. The lowest BCUT2D eigenvalue weighted by Gasteiger charge is -2.04. The number of nitrogens with zero attached hydrogens (tertiary/aromatic N) is 4. The standard InChI is InChI=1S/C20H18FN5O3S2/c1-4-29-19(28)15-10(2)14-17(27)22-13(23-18(14)31-15)9-30-20-25-24-16(26(20)3)11-5-7-12(21)8-6-11/h5-8H,4,9H2,1-3H3,(H,22,23,27). The molecular weight excluding hydrogens is 441 g/mol. The molecule has 0 saturated heterocycles. The van der Waals surface area contributed by atoms with Crippen molar-refractivity contribution in [2.75, 3.05) is 6.61 Å². The summed E-state index contributed by atoms with van der Waals surface area (Å²) in [6.07, 6.45) is 0. The molecule has 0 fully saturated rings. The van der Waals surface area contributed by atoms with Gasteiger partial charge in [-0.05, 0) is 43.7 Å². The highest BCUT2D eigenvalue weighted by atomic mass is 32.2. The van der Waals surface area contributed by atoms with Crippen LogP contribution in [0.1, 0.15) is 28.0 Å². The number of carbonyl (C=O) groups excluding carboxylic acids is 1. The number of esters is 1. The van der Waals surface area contributed by atoms with Gasteiger partial charge in [-0.1, -0.05) is 11.8 Å². The highest BCUT2D eigenvalue weighted by molar-refractivity contribution is 7.98. The number of thioether (sulfide) groups is 1. The van der Waals surface area contributed by atoms with E-state index in [0.29, 0.717) is 43.2 Å². The molecule has 160 valence electrons. The van der Waals surface area contributed by atoms with Gasteiger partial charge in [-0.3, -0.25) is 4.79 Å². The van der Waals surface area contributed by atoms with Gasteiger partial charge in [-0.2, -0.15) is 0 Å². The van der Waals surface area contributed by atoms with Crippen LogP contribution in [0.4, 0.5) is 4.39 Å². The maximum absolute atomic E-state index is 13.2. The third kappa shape index (κ3) is 4.10. The van der Waals surface area contributed by atoms with Crippen molar-refractivity contribution in [2.45, 2.75) is 24.8 Å². The summed E-state index contributed by atoms with van der Waals surface area (Å²) in [5.41, 5.74) is 1.02. The van der Waals surface area contributed by atoms with Crippen molar-refractivity contribution in [3.05, 3.63) is 56.7 Å². The summed E-state index contributed by atoms with van der Waals surface area (Å²) in [5, 5.41) is 9.38. The summed E-state index contributed by atoms with van der Waals surface area (Å²) >= 11 is 2.51. The monoisotopic (exact) mass is 459 g/mol. The lowest BCUT2D eigenvalue weighted by molar-refractivity contribution is 0.0531. The SMILES string of the molecule is CCOC(=O)c1sc2nc(CSc3nnc(-c4ccc(F)cc4)n3C)[nH]c(=O)c2c1C. The molecule has 0 aliphatic rings. The van der Waals surface area contributed by atoms with E-state index in [1.165, 1.54) is 23.9 Å². The Labute approximate surface area is 184 Å². The first kappa shape index (κ1) is 21.2. The van der Waals surface area contributed by atoms with Crippen LogP contribution in [0.15, 0.2) is 34.2 Å². The number of ether oxygens (including phenoxy) is 1. The van der Waals surface area contributed by atoms with Crippen molar-refractivity contribution in [3.63, 3.8) is 0 Å². The van der Waals surface area contributed by atoms with Crippen LogP contribution >= 0.6 is 23.1 Å². The summed E-state index contributed by atoms with van der Waals surface area (Å²) < 4.78 is 20.0. The molecule has 3 heterocycles. The van der Waals surface area contributed by atoms with Crippen molar-refractivity contribution in [2.24, 2.45) is 7.05 Å². The zero-order valence-electron chi connectivity index (χ0n) is 16.9. The number of fused-ring (bicyclic) bond motifs is 1. The van der Waals surface area contributed by atoms with E-state index in [-0.39, 0.29) is 18.0 Å². The lowest BCUT2D eigenvalue weighted by atomic mass is 10.2. The molecule has 3 aromatic heterocycles. The topological polar surface area (TPSA) is 103 Å². The zero-order chi connectivity index (χ0) is 22.1. The van der Waals surface area contributed by atoms with Gasteiger partial charge in [-0.25, -0.2) is 14.2 Å². The summed E-state index contributed by atoms with van der Waals surface area (Å²) in [5.74, 6) is 0.649. The molecule has 8 nitrogen and oxygen atoms in total. The highest BCUT2D eigenvalue weighted by Gasteiger charge is 2.20. The molecule has 0 amide bonds. The van der Waals surface area contributed by atoms with Crippen molar-refractivity contribution >= 4 is 39.3 Å². The first-order valence-corrected chi connectivity index (χ1v) is 11.2. The Hall–Kier alpha value is -3.05. The minimum absolute atomic E-state index is 0.260. The second-order valence-electron chi connectivity index (χ2n) is 6.63. The van der Waals surface area contributed by atoms with E-state index in [0.717, 1.165) is 16.9 Å². The van der Waals surface area contributed by atoms with Gasteiger partial charge in [-0.15, -0.1) is 21.5 Å². The lowest BCUT2D eigenvalue weighted by Crippen LogP contribution is -2.11. The highest BCUT2D eigenvalue weighted by Crippen LogP contribution is 2.29. The molecule has 0 aliphatic heterocycles. The van der Waals surface area contributed by atoms with Gasteiger partial charge < -0.3 is 14.3 Å². The average Bonchev–Trinajstić information content (AvgIpc) is 3.27. The number of nitrogens with one attached hydrogen (secondary N) is 1. The first-order chi connectivity index (χ1) is 14.9. The smallest absolute Gasteiger partial charge is 0.348 e. The van der Waals surface area contributed by atoms with Gasteiger partial charge in [0.1, 0.15) is 21.3 Å². The Morgan fingerprint density at radius 2 is 2.03 bits per heavy atom. The molecule has 1 aromatic carbocycles.